The van der Waals surface area contributed by atoms with Crippen LogP contribution in [0.3, 0.4) is 0 Å². The van der Waals surface area contributed by atoms with Gasteiger partial charge in [0.1, 0.15) is 10.8 Å². The second kappa shape index (κ2) is 9.97. The van der Waals surface area contributed by atoms with Crippen molar-refractivity contribution in [2.45, 2.75) is 45.7 Å². The van der Waals surface area contributed by atoms with Gasteiger partial charge in [0.05, 0.1) is 24.5 Å². The van der Waals surface area contributed by atoms with Crippen LogP contribution in [-0.4, -0.2) is 27.5 Å². The third-order valence-electron chi connectivity index (χ3n) is 3.87. The Morgan fingerprint density at radius 3 is 2.85 bits per heavy atom. The number of unbranched alkanes of at least 4 members (excludes halogenated alkanes) is 1. The van der Waals surface area contributed by atoms with Crippen molar-refractivity contribution in [3.05, 3.63) is 51.4 Å². The van der Waals surface area contributed by atoms with Gasteiger partial charge in [-0.05, 0) is 44.4 Å². The van der Waals surface area contributed by atoms with Crippen molar-refractivity contribution in [2.24, 2.45) is 0 Å². The standard InChI is InChI=1S/C19H24ClN3O4/c1-13(2)23-19(26)18(20)16(12-22-23)21-11-14-6-5-7-15(10-14)27-9-4-3-8-17(24)25/h5-7,10,12-13,21H,3-4,8-9,11H2,1-2H3,(H,24,25). The molecular weight excluding hydrogens is 370 g/mol. The molecule has 0 aliphatic rings. The van der Waals surface area contributed by atoms with Crippen molar-refractivity contribution in [1.82, 2.24) is 9.78 Å². The summed E-state index contributed by atoms with van der Waals surface area (Å²) in [6.45, 7) is 4.66. The van der Waals surface area contributed by atoms with Crippen LogP contribution in [0.2, 0.25) is 5.02 Å². The van der Waals surface area contributed by atoms with Crippen LogP contribution in [0.15, 0.2) is 35.3 Å². The Labute approximate surface area is 162 Å². The van der Waals surface area contributed by atoms with Crippen LogP contribution in [-0.2, 0) is 11.3 Å². The number of halogens is 1. The fraction of sp³-hybridized carbons (Fsp3) is 0.421. The van der Waals surface area contributed by atoms with E-state index in [9.17, 15) is 9.59 Å². The van der Waals surface area contributed by atoms with E-state index in [0.29, 0.717) is 37.4 Å². The molecule has 0 unspecified atom stereocenters. The van der Waals surface area contributed by atoms with Gasteiger partial charge in [0.2, 0.25) is 0 Å². The quantitative estimate of drug-likeness (QED) is 0.597. The predicted octanol–water partition coefficient (Wildman–Crippen LogP) is 3.72. The Kier molecular flexibility index (Phi) is 7.67. The molecule has 2 aromatic rings. The zero-order valence-electron chi connectivity index (χ0n) is 15.4. The Balaban J connectivity index is 1.92. The molecule has 2 N–H and O–H groups in total. The van der Waals surface area contributed by atoms with E-state index in [4.69, 9.17) is 21.4 Å². The average molecular weight is 394 g/mol. The van der Waals surface area contributed by atoms with Crippen LogP contribution < -0.4 is 15.6 Å². The third kappa shape index (κ3) is 6.29. The Hall–Kier alpha value is -2.54. The molecule has 0 aliphatic carbocycles. The van der Waals surface area contributed by atoms with Crippen molar-refractivity contribution in [3.8, 4) is 5.75 Å². The minimum Gasteiger partial charge on any atom is -0.494 e. The molecule has 0 amide bonds. The first-order chi connectivity index (χ1) is 12.9. The van der Waals surface area contributed by atoms with Crippen molar-refractivity contribution in [3.63, 3.8) is 0 Å². The number of ether oxygens (including phenoxy) is 1. The summed E-state index contributed by atoms with van der Waals surface area (Å²) in [7, 11) is 0. The van der Waals surface area contributed by atoms with Crippen LogP contribution in [0.25, 0.3) is 0 Å². The first-order valence-electron chi connectivity index (χ1n) is 8.83. The summed E-state index contributed by atoms with van der Waals surface area (Å²) < 4.78 is 6.99. The largest absolute Gasteiger partial charge is 0.494 e. The second-order valence-corrected chi connectivity index (χ2v) is 6.79. The molecule has 0 saturated carbocycles. The average Bonchev–Trinajstić information content (AvgIpc) is 2.62. The number of anilines is 1. The van der Waals surface area contributed by atoms with Crippen molar-refractivity contribution in [1.29, 1.82) is 0 Å². The van der Waals surface area contributed by atoms with Crippen molar-refractivity contribution in [2.75, 3.05) is 11.9 Å². The zero-order valence-corrected chi connectivity index (χ0v) is 16.2. The molecule has 0 atom stereocenters. The number of nitrogens with one attached hydrogen (secondary N) is 1. The van der Waals surface area contributed by atoms with Crippen LogP contribution in [0.5, 0.6) is 5.75 Å². The molecule has 0 saturated heterocycles. The first kappa shape index (κ1) is 20.8. The number of nitrogens with zero attached hydrogens (tertiary/aromatic N) is 2. The monoisotopic (exact) mass is 393 g/mol. The first-order valence-corrected chi connectivity index (χ1v) is 9.21. The number of carboxylic acid groups (broad SMARTS) is 1. The van der Waals surface area contributed by atoms with Crippen LogP contribution >= 0.6 is 11.6 Å². The van der Waals surface area contributed by atoms with Gasteiger partial charge in [0, 0.05) is 13.0 Å². The van der Waals surface area contributed by atoms with E-state index in [2.05, 4.69) is 10.4 Å². The van der Waals surface area contributed by atoms with Crippen LogP contribution in [0.4, 0.5) is 5.69 Å². The summed E-state index contributed by atoms with van der Waals surface area (Å²) in [6.07, 6.45) is 2.97. The Morgan fingerprint density at radius 1 is 1.37 bits per heavy atom. The summed E-state index contributed by atoms with van der Waals surface area (Å²) >= 11 is 6.16. The fourth-order valence-electron chi connectivity index (χ4n) is 2.45. The predicted molar refractivity (Wildman–Crippen MR) is 105 cm³/mol. The molecule has 0 spiro atoms. The number of hydrogen-bond acceptors (Lipinski definition) is 5. The Bertz CT molecular complexity index is 836. The molecule has 2 rings (SSSR count). The molecule has 0 aliphatic heterocycles. The number of benzene rings is 1. The SMILES string of the molecule is CC(C)n1ncc(NCc2cccc(OCCCCC(=O)O)c2)c(Cl)c1=O. The van der Waals surface area contributed by atoms with Gasteiger partial charge in [-0.3, -0.25) is 9.59 Å². The van der Waals surface area contributed by atoms with E-state index < -0.39 is 5.97 Å². The van der Waals surface area contributed by atoms with Gasteiger partial charge in [0.25, 0.3) is 5.56 Å². The maximum absolute atomic E-state index is 12.2. The maximum atomic E-state index is 12.2. The van der Waals surface area contributed by atoms with Crippen LogP contribution in [0, 0.1) is 0 Å². The number of hydrogen-bond donors (Lipinski definition) is 2. The number of carbonyl (C=O) groups is 1. The second-order valence-electron chi connectivity index (χ2n) is 6.42. The van der Waals surface area contributed by atoms with E-state index in [1.54, 1.807) is 6.20 Å². The lowest BCUT2D eigenvalue weighted by Crippen LogP contribution is -2.25. The smallest absolute Gasteiger partial charge is 0.303 e. The van der Waals surface area contributed by atoms with Crippen molar-refractivity contribution >= 4 is 23.3 Å². The fourth-order valence-corrected chi connectivity index (χ4v) is 2.65. The van der Waals surface area contributed by atoms with Crippen LogP contribution in [0.1, 0.15) is 44.7 Å². The van der Waals surface area contributed by atoms with E-state index >= 15 is 0 Å². The third-order valence-corrected chi connectivity index (χ3v) is 4.23. The molecule has 1 aromatic carbocycles. The van der Waals surface area contributed by atoms with E-state index in [1.807, 2.05) is 38.1 Å². The minimum atomic E-state index is -0.794. The van der Waals surface area contributed by atoms with Gasteiger partial charge in [0.15, 0.2) is 0 Å². The van der Waals surface area contributed by atoms with Gasteiger partial charge in [-0.2, -0.15) is 5.10 Å². The zero-order chi connectivity index (χ0) is 19.8. The minimum absolute atomic E-state index is 0.0617. The molecular formula is C19H24ClN3O4. The highest BCUT2D eigenvalue weighted by molar-refractivity contribution is 6.32. The van der Waals surface area contributed by atoms with E-state index in [1.165, 1.54) is 4.68 Å². The number of aromatic nitrogens is 2. The van der Waals surface area contributed by atoms with Gasteiger partial charge in [-0.25, -0.2) is 4.68 Å². The highest BCUT2D eigenvalue weighted by atomic mass is 35.5. The van der Waals surface area contributed by atoms with Gasteiger partial charge < -0.3 is 15.2 Å². The lowest BCUT2D eigenvalue weighted by atomic mass is 10.2. The lowest BCUT2D eigenvalue weighted by molar-refractivity contribution is -0.137. The van der Waals surface area contributed by atoms with Gasteiger partial charge in [-0.15, -0.1) is 0 Å². The Morgan fingerprint density at radius 2 is 2.15 bits per heavy atom. The molecule has 1 aromatic heterocycles. The highest BCUT2D eigenvalue weighted by Gasteiger charge is 2.11. The molecule has 27 heavy (non-hydrogen) atoms. The van der Waals surface area contributed by atoms with Crippen molar-refractivity contribution < 1.29 is 14.6 Å². The molecule has 0 radical (unpaired) electrons. The molecule has 7 nitrogen and oxygen atoms in total. The van der Waals surface area contributed by atoms with Gasteiger partial charge in [-0.1, -0.05) is 23.7 Å². The normalized spacial score (nSPS) is 10.8. The molecule has 0 bridgehead atoms. The summed E-state index contributed by atoms with van der Waals surface area (Å²) in [4.78, 5) is 22.7. The summed E-state index contributed by atoms with van der Waals surface area (Å²) in [5, 5.41) is 16.0. The molecule has 146 valence electrons. The molecule has 8 heteroatoms. The molecule has 0 fully saturated rings. The summed E-state index contributed by atoms with van der Waals surface area (Å²) in [6, 6.07) is 7.48. The lowest BCUT2D eigenvalue weighted by Gasteiger charge is -2.13. The number of carboxylic acids is 1. The molecule has 1 heterocycles. The van der Waals surface area contributed by atoms with Gasteiger partial charge >= 0.3 is 5.97 Å². The number of aliphatic carboxylic acids is 1. The summed E-state index contributed by atoms with van der Waals surface area (Å²) in [5.74, 6) is -0.0821. The van der Waals surface area contributed by atoms with E-state index in [0.717, 1.165) is 5.56 Å². The number of rotatable bonds is 10. The maximum Gasteiger partial charge on any atom is 0.303 e. The van der Waals surface area contributed by atoms with E-state index in [-0.39, 0.29) is 23.0 Å². The highest BCUT2D eigenvalue weighted by Crippen LogP contribution is 2.19. The topological polar surface area (TPSA) is 93.4 Å². The summed E-state index contributed by atoms with van der Waals surface area (Å²) in [5.41, 5.74) is 1.12.